The van der Waals surface area contributed by atoms with E-state index in [1.807, 2.05) is 0 Å². The van der Waals surface area contributed by atoms with E-state index in [1.165, 1.54) is 106 Å². The molecule has 0 saturated carbocycles. The molecule has 0 fully saturated rings. The Morgan fingerprint density at radius 3 is 1.23 bits per heavy atom. The molecule has 2 nitrogen and oxygen atoms in total. The zero-order chi connectivity index (χ0) is 34.7. The van der Waals surface area contributed by atoms with Crippen LogP contribution >= 0.6 is 0 Å². The van der Waals surface area contributed by atoms with Gasteiger partial charge in [0.1, 0.15) is 0 Å². The summed E-state index contributed by atoms with van der Waals surface area (Å²) in [5.74, 6) is 0. The van der Waals surface area contributed by atoms with Crippen molar-refractivity contribution in [2.45, 2.75) is 176 Å². The zero-order valence-electron chi connectivity index (χ0n) is 32.1. The molecule has 0 N–H and O–H groups in total. The van der Waals surface area contributed by atoms with Crippen molar-refractivity contribution < 1.29 is 21.2 Å². The third-order valence-electron chi connectivity index (χ3n) is 8.92. The summed E-state index contributed by atoms with van der Waals surface area (Å²) in [6.07, 6.45) is 24.9. The van der Waals surface area contributed by atoms with Crippen LogP contribution in [0.3, 0.4) is 0 Å². The van der Waals surface area contributed by atoms with Gasteiger partial charge in [0.25, 0.3) is 0 Å². The monoisotopic (exact) mass is 699 g/mol. The number of hydrogen-bond acceptors (Lipinski definition) is 0. The third kappa shape index (κ3) is 17.1. The molecule has 48 heavy (non-hydrogen) atoms. The van der Waals surface area contributed by atoms with E-state index >= 15 is 0 Å². The predicted octanol–water partition coefficient (Wildman–Crippen LogP) is 15.1. The molecule has 0 bridgehead atoms. The van der Waals surface area contributed by atoms with Crippen molar-refractivity contribution in [3.05, 3.63) is 101 Å². The van der Waals surface area contributed by atoms with E-state index in [0.717, 1.165) is 73.9 Å². The first kappa shape index (κ1) is 46.0. The van der Waals surface area contributed by atoms with Crippen LogP contribution in [0.2, 0.25) is 0 Å². The summed E-state index contributed by atoms with van der Waals surface area (Å²) in [6, 6.07) is 18.0. The van der Waals surface area contributed by atoms with Crippen molar-refractivity contribution in [1.29, 1.82) is 0 Å². The first-order valence-electron chi connectivity index (χ1n) is 19.7. The molecule has 0 unspecified atom stereocenters. The first-order chi connectivity index (χ1) is 23.0. The summed E-state index contributed by atoms with van der Waals surface area (Å²) in [5, 5.41) is 0. The summed E-state index contributed by atoms with van der Waals surface area (Å²) < 4.78 is 1.57. The van der Waals surface area contributed by atoms with Crippen LogP contribution in [0.25, 0.3) is 16.9 Å². The van der Waals surface area contributed by atoms with Crippen LogP contribution in [0.5, 0.6) is 0 Å². The van der Waals surface area contributed by atoms with Gasteiger partial charge in [0, 0.05) is 22.3 Å². The van der Waals surface area contributed by atoms with E-state index in [4.69, 9.17) is 0 Å². The van der Waals surface area contributed by atoms with Crippen molar-refractivity contribution in [3.63, 3.8) is 0 Å². The maximum absolute atomic E-state index is 12.0. The van der Waals surface area contributed by atoms with Gasteiger partial charge in [-0.2, -0.15) is 12.8 Å². The Balaban J connectivity index is 0.00000221. The summed E-state index contributed by atoms with van der Waals surface area (Å²) >= 11 is 0. The molecular weight excluding hydrogens is 627 g/mol. The van der Waals surface area contributed by atoms with E-state index in [2.05, 4.69) is 104 Å². The molecule has 0 aromatic heterocycles. The molecule has 0 aliphatic carbocycles. The SMILES string of the molecule is CCCCCCC1=C(c2cccc(CCCCC)c2)[N+](=[N-])C(c2cccc(CCCCCC)c2)=C1CCCC.[CH2-]CCC.[CH2-]CCC.[Ni+2]. The van der Waals surface area contributed by atoms with Crippen LogP contribution in [0.15, 0.2) is 59.7 Å². The van der Waals surface area contributed by atoms with Crippen LogP contribution in [-0.4, -0.2) is 4.70 Å². The van der Waals surface area contributed by atoms with Gasteiger partial charge in [-0.05, 0) is 86.8 Å². The van der Waals surface area contributed by atoms with E-state index in [9.17, 15) is 5.53 Å². The Labute approximate surface area is 309 Å². The second-order valence-corrected chi connectivity index (χ2v) is 13.3. The third-order valence-corrected chi connectivity index (χ3v) is 8.92. The Morgan fingerprint density at radius 1 is 0.479 bits per heavy atom. The van der Waals surface area contributed by atoms with E-state index in [1.54, 1.807) is 4.70 Å². The second-order valence-electron chi connectivity index (χ2n) is 13.3. The van der Waals surface area contributed by atoms with Gasteiger partial charge in [0.05, 0.1) is 0 Å². The normalized spacial score (nSPS) is 12.4. The molecular formula is C45H72N2Ni. The van der Waals surface area contributed by atoms with Crippen LogP contribution in [0.4, 0.5) is 0 Å². The Hall–Kier alpha value is -1.99. The number of aryl methyl sites for hydroxylation is 2. The number of rotatable bonds is 21. The minimum atomic E-state index is 0. The van der Waals surface area contributed by atoms with Gasteiger partial charge in [-0.25, -0.2) is 4.70 Å². The number of unbranched alkanes of at least 4 members (excludes halogenated alkanes) is 11. The average molecular weight is 700 g/mol. The number of hydrogen-bond donors (Lipinski definition) is 0. The van der Waals surface area contributed by atoms with Crippen LogP contribution in [0.1, 0.15) is 186 Å². The molecule has 2 aromatic rings. The topological polar surface area (TPSA) is 25.3 Å². The number of nitrogens with zero attached hydrogens (tertiary/aromatic N) is 2. The summed E-state index contributed by atoms with van der Waals surface area (Å²) in [4.78, 5) is 0. The van der Waals surface area contributed by atoms with Crippen molar-refractivity contribution in [1.82, 2.24) is 0 Å². The molecule has 272 valence electrons. The Morgan fingerprint density at radius 2 is 0.833 bits per heavy atom. The van der Waals surface area contributed by atoms with Gasteiger partial charge in [-0.3, -0.25) is 0 Å². The van der Waals surface area contributed by atoms with E-state index in [0.29, 0.717) is 0 Å². The van der Waals surface area contributed by atoms with Gasteiger partial charge in [-0.15, -0.1) is 0 Å². The fourth-order valence-electron chi connectivity index (χ4n) is 5.95. The maximum Gasteiger partial charge on any atom is 2.00 e. The largest absolute Gasteiger partial charge is 2.00 e. The maximum atomic E-state index is 12.0. The molecule has 0 amide bonds. The molecule has 3 heteroatoms. The Kier molecular flexibility index (Phi) is 28.7. The zero-order valence-corrected chi connectivity index (χ0v) is 33.1. The summed E-state index contributed by atoms with van der Waals surface area (Å²) in [5.41, 5.74) is 21.8. The molecule has 1 aliphatic heterocycles. The molecule has 0 spiro atoms. The van der Waals surface area contributed by atoms with E-state index in [-0.39, 0.29) is 16.5 Å². The van der Waals surface area contributed by atoms with Crippen molar-refractivity contribution >= 4 is 11.4 Å². The van der Waals surface area contributed by atoms with E-state index < -0.39 is 0 Å². The predicted molar refractivity (Wildman–Crippen MR) is 210 cm³/mol. The van der Waals surface area contributed by atoms with Crippen molar-refractivity contribution in [2.24, 2.45) is 0 Å². The van der Waals surface area contributed by atoms with Gasteiger partial charge >= 0.3 is 16.5 Å². The first-order valence-corrected chi connectivity index (χ1v) is 19.7. The van der Waals surface area contributed by atoms with Gasteiger partial charge in [0.15, 0.2) is 0 Å². The second kappa shape index (κ2) is 29.9. The molecule has 0 atom stereocenters. The molecule has 1 heterocycles. The molecule has 0 saturated heterocycles. The Bertz CT molecular complexity index is 1170. The van der Waals surface area contributed by atoms with Crippen LogP contribution in [0, 0.1) is 13.8 Å². The number of allylic oxidation sites excluding steroid dienone is 2. The molecule has 2 aromatic carbocycles. The fourth-order valence-corrected chi connectivity index (χ4v) is 5.95. The average Bonchev–Trinajstić information content (AvgIpc) is 3.38. The summed E-state index contributed by atoms with van der Waals surface area (Å²) in [6.45, 7) is 20.5. The smallest absolute Gasteiger partial charge is 0.493 e. The van der Waals surface area contributed by atoms with Crippen LogP contribution in [-0.2, 0) is 29.3 Å². The quantitative estimate of drug-likeness (QED) is 0.0536. The number of benzene rings is 2. The minimum Gasteiger partial charge on any atom is -0.493 e. The van der Waals surface area contributed by atoms with Gasteiger partial charge < -0.3 is 19.4 Å². The molecule has 1 aliphatic rings. The minimum absolute atomic E-state index is 0. The van der Waals surface area contributed by atoms with Crippen molar-refractivity contribution in [3.8, 4) is 0 Å². The molecule has 0 radical (unpaired) electrons. The van der Waals surface area contributed by atoms with Crippen molar-refractivity contribution in [2.75, 3.05) is 0 Å². The van der Waals surface area contributed by atoms with Gasteiger partial charge in [-0.1, -0.05) is 136 Å². The molecule has 3 rings (SSSR count). The van der Waals surface area contributed by atoms with Crippen LogP contribution < -0.4 is 0 Å². The fraction of sp³-hybridized carbons (Fsp3) is 0.600. The van der Waals surface area contributed by atoms with Gasteiger partial charge in [0.2, 0.25) is 11.4 Å². The standard InChI is InChI=1S/C37H54N2.2C4H9.Ni/c1-5-9-13-16-21-31-23-19-24-32(29-31)36-34(26-12-8-4)35(27-17-14-10-6-2)37(39(36)38)33-25-18-22-30(28-33)20-15-11-7-3;2*1-3-4-2;/h18-19,22-25,28-29H,5-17,20-21,26-27H2,1-4H3;2*1,3-4H2,2H3;/q;2*-1;+2. The summed E-state index contributed by atoms with van der Waals surface area (Å²) in [7, 11) is 0.